The van der Waals surface area contributed by atoms with Crippen molar-refractivity contribution in [3.63, 3.8) is 0 Å². The van der Waals surface area contributed by atoms with Gasteiger partial charge >= 0.3 is 0 Å². The van der Waals surface area contributed by atoms with E-state index in [-0.39, 0.29) is 4.90 Å². The van der Waals surface area contributed by atoms with Crippen LogP contribution in [0.5, 0.6) is 0 Å². The highest BCUT2D eigenvalue weighted by atomic mass is 79.9. The van der Waals surface area contributed by atoms with Crippen molar-refractivity contribution in [2.24, 2.45) is 0 Å². The highest BCUT2D eigenvalue weighted by Crippen LogP contribution is 2.23. The van der Waals surface area contributed by atoms with Crippen LogP contribution >= 0.6 is 27.5 Å². The fourth-order valence-corrected chi connectivity index (χ4v) is 2.96. The first-order chi connectivity index (χ1) is 8.88. The monoisotopic (exact) mass is 359 g/mol. The van der Waals surface area contributed by atoms with Gasteiger partial charge in [-0.25, -0.2) is 8.42 Å². The fraction of sp³-hybridized carbons (Fsp3) is 0.0769. The summed E-state index contributed by atoms with van der Waals surface area (Å²) in [4.78, 5) is 0.178. The molecule has 0 radical (unpaired) electrons. The minimum atomic E-state index is -3.58. The molecule has 6 heteroatoms. The number of sulfonamides is 1. The molecule has 0 aliphatic carbocycles. The van der Waals surface area contributed by atoms with E-state index < -0.39 is 10.0 Å². The standard InChI is InChI=1S/C13H11BrClNO2S/c1-9-8-11(4-7-13(9)14)16-19(17,18)12-5-2-10(15)3-6-12/h2-8,16H,1H3. The van der Waals surface area contributed by atoms with Gasteiger partial charge in [0.05, 0.1) is 4.90 Å². The van der Waals surface area contributed by atoms with Crippen LogP contribution in [-0.4, -0.2) is 8.42 Å². The van der Waals surface area contributed by atoms with Gasteiger partial charge in [-0.1, -0.05) is 27.5 Å². The van der Waals surface area contributed by atoms with E-state index in [1.165, 1.54) is 12.1 Å². The van der Waals surface area contributed by atoms with E-state index in [1.54, 1.807) is 30.3 Å². The van der Waals surface area contributed by atoms with Crippen molar-refractivity contribution in [3.8, 4) is 0 Å². The number of hydrogen-bond acceptors (Lipinski definition) is 2. The zero-order chi connectivity index (χ0) is 14.0. The summed E-state index contributed by atoms with van der Waals surface area (Å²) >= 11 is 9.11. The molecule has 0 fully saturated rings. The zero-order valence-corrected chi connectivity index (χ0v) is 13.2. The predicted molar refractivity (Wildman–Crippen MR) is 81.1 cm³/mol. The maximum atomic E-state index is 12.1. The average Bonchev–Trinajstić information content (AvgIpc) is 2.34. The van der Waals surface area contributed by atoms with Crippen LogP contribution in [0.2, 0.25) is 5.02 Å². The SMILES string of the molecule is Cc1cc(NS(=O)(=O)c2ccc(Cl)cc2)ccc1Br. The van der Waals surface area contributed by atoms with Crippen molar-refractivity contribution < 1.29 is 8.42 Å². The smallest absolute Gasteiger partial charge is 0.261 e. The van der Waals surface area contributed by atoms with E-state index in [1.807, 2.05) is 6.92 Å². The number of benzene rings is 2. The molecule has 0 saturated carbocycles. The number of hydrogen-bond donors (Lipinski definition) is 1. The molecule has 1 N–H and O–H groups in total. The second kappa shape index (κ2) is 5.53. The van der Waals surface area contributed by atoms with Crippen molar-refractivity contribution in [2.75, 3.05) is 4.72 Å². The molecule has 0 bridgehead atoms. The third-order valence-electron chi connectivity index (χ3n) is 2.53. The van der Waals surface area contributed by atoms with E-state index >= 15 is 0 Å². The largest absolute Gasteiger partial charge is 0.280 e. The number of aryl methyl sites for hydroxylation is 1. The molecule has 2 aromatic rings. The summed E-state index contributed by atoms with van der Waals surface area (Å²) in [6.07, 6.45) is 0. The number of halogens is 2. The zero-order valence-electron chi connectivity index (χ0n) is 10.0. The molecule has 0 heterocycles. The van der Waals surface area contributed by atoms with Crippen molar-refractivity contribution in [1.29, 1.82) is 0 Å². The average molecular weight is 361 g/mol. The summed E-state index contributed by atoms with van der Waals surface area (Å²) in [5.41, 5.74) is 1.48. The van der Waals surface area contributed by atoms with Crippen LogP contribution < -0.4 is 4.72 Å². The second-order valence-corrected chi connectivity index (χ2v) is 7.00. The molecule has 3 nitrogen and oxygen atoms in total. The Bertz CT molecular complexity index is 699. The molecule has 0 saturated heterocycles. The van der Waals surface area contributed by atoms with Crippen LogP contribution in [0.3, 0.4) is 0 Å². The molecule has 0 atom stereocenters. The maximum absolute atomic E-state index is 12.1. The van der Waals surface area contributed by atoms with Gasteiger partial charge < -0.3 is 0 Å². The number of nitrogens with one attached hydrogen (secondary N) is 1. The highest BCUT2D eigenvalue weighted by Gasteiger charge is 2.14. The molecule has 0 unspecified atom stereocenters. The van der Waals surface area contributed by atoms with Crippen molar-refractivity contribution in [1.82, 2.24) is 0 Å². The van der Waals surface area contributed by atoms with Crippen LogP contribution in [0.1, 0.15) is 5.56 Å². The Morgan fingerprint density at radius 1 is 1.11 bits per heavy atom. The molecule has 2 aromatic carbocycles. The van der Waals surface area contributed by atoms with E-state index in [0.29, 0.717) is 10.7 Å². The Morgan fingerprint density at radius 2 is 1.74 bits per heavy atom. The van der Waals surface area contributed by atoms with E-state index in [2.05, 4.69) is 20.7 Å². The van der Waals surface area contributed by atoms with Crippen molar-refractivity contribution in [3.05, 3.63) is 57.5 Å². The number of anilines is 1. The quantitative estimate of drug-likeness (QED) is 0.891. The van der Waals surface area contributed by atoms with Crippen LogP contribution in [-0.2, 0) is 10.0 Å². The topological polar surface area (TPSA) is 46.2 Å². The molecule has 2 rings (SSSR count). The first-order valence-corrected chi connectivity index (χ1v) is 8.08. The Balaban J connectivity index is 2.30. The van der Waals surface area contributed by atoms with Crippen LogP contribution in [0, 0.1) is 6.92 Å². The fourth-order valence-electron chi connectivity index (χ4n) is 1.54. The van der Waals surface area contributed by atoms with Gasteiger partial charge in [-0.2, -0.15) is 0 Å². The first kappa shape index (κ1) is 14.4. The summed E-state index contributed by atoms with van der Waals surface area (Å²) in [5.74, 6) is 0. The Kier molecular flexibility index (Phi) is 4.18. The lowest BCUT2D eigenvalue weighted by Crippen LogP contribution is -2.12. The normalized spacial score (nSPS) is 11.3. The second-order valence-electron chi connectivity index (χ2n) is 4.02. The Labute approximate surface area is 125 Å². The van der Waals surface area contributed by atoms with Gasteiger partial charge in [0.25, 0.3) is 10.0 Å². The third-order valence-corrected chi connectivity index (χ3v) is 5.07. The maximum Gasteiger partial charge on any atom is 0.261 e. The van der Waals surface area contributed by atoms with Crippen LogP contribution in [0.15, 0.2) is 51.8 Å². The van der Waals surface area contributed by atoms with Gasteiger partial charge in [0.2, 0.25) is 0 Å². The third kappa shape index (κ3) is 3.49. The lowest BCUT2D eigenvalue weighted by Gasteiger charge is -2.09. The molecule has 0 aliphatic heterocycles. The summed E-state index contributed by atoms with van der Waals surface area (Å²) in [6.45, 7) is 1.89. The van der Waals surface area contributed by atoms with Gasteiger partial charge in [0.1, 0.15) is 0 Å². The van der Waals surface area contributed by atoms with E-state index in [4.69, 9.17) is 11.6 Å². The van der Waals surface area contributed by atoms with Gasteiger partial charge in [0, 0.05) is 15.2 Å². The van der Waals surface area contributed by atoms with Crippen molar-refractivity contribution in [2.45, 2.75) is 11.8 Å². The van der Waals surface area contributed by atoms with E-state index in [9.17, 15) is 8.42 Å². The minimum absolute atomic E-state index is 0.178. The van der Waals surface area contributed by atoms with E-state index in [0.717, 1.165) is 10.0 Å². The minimum Gasteiger partial charge on any atom is -0.280 e. The summed E-state index contributed by atoms with van der Waals surface area (Å²) in [7, 11) is -3.58. The molecule has 100 valence electrons. The predicted octanol–water partition coefficient (Wildman–Crippen LogP) is 4.21. The van der Waals surface area contributed by atoms with Gasteiger partial charge in [-0.05, 0) is 55.0 Å². The Morgan fingerprint density at radius 3 is 2.32 bits per heavy atom. The molecule has 0 spiro atoms. The van der Waals surface area contributed by atoms with Crippen LogP contribution in [0.4, 0.5) is 5.69 Å². The van der Waals surface area contributed by atoms with Gasteiger partial charge in [-0.3, -0.25) is 4.72 Å². The van der Waals surface area contributed by atoms with Gasteiger partial charge in [-0.15, -0.1) is 0 Å². The molecule has 19 heavy (non-hydrogen) atoms. The molecular formula is C13H11BrClNO2S. The lowest BCUT2D eigenvalue weighted by atomic mass is 10.2. The Hall–Kier alpha value is -1.04. The summed E-state index contributed by atoms with van der Waals surface area (Å²) < 4.78 is 27.7. The molecule has 0 amide bonds. The van der Waals surface area contributed by atoms with Crippen molar-refractivity contribution >= 4 is 43.2 Å². The number of rotatable bonds is 3. The highest BCUT2D eigenvalue weighted by molar-refractivity contribution is 9.10. The molecule has 0 aromatic heterocycles. The molecule has 0 aliphatic rings. The summed E-state index contributed by atoms with van der Waals surface area (Å²) in [5, 5.41) is 0.499. The molecular weight excluding hydrogens is 350 g/mol. The lowest BCUT2D eigenvalue weighted by molar-refractivity contribution is 0.601. The van der Waals surface area contributed by atoms with Crippen LogP contribution in [0.25, 0.3) is 0 Å². The summed E-state index contributed by atoms with van der Waals surface area (Å²) in [6, 6.07) is 11.3. The van der Waals surface area contributed by atoms with Gasteiger partial charge in [0.15, 0.2) is 0 Å². The first-order valence-electron chi connectivity index (χ1n) is 5.43.